The number of hydrogen-bond acceptors (Lipinski definition) is 2. The Labute approximate surface area is 104 Å². The van der Waals surface area contributed by atoms with Crippen LogP contribution in [-0.2, 0) is 0 Å². The molecule has 0 heterocycles. The van der Waals surface area contributed by atoms with E-state index in [-0.39, 0.29) is 18.7 Å². The molecule has 0 aromatic rings. The van der Waals surface area contributed by atoms with Gasteiger partial charge in [-0.25, -0.2) is 4.79 Å². The molecule has 4 heteroatoms. The number of aliphatic hydroxyl groups is 1. The molecule has 1 rings (SSSR count). The van der Waals surface area contributed by atoms with Gasteiger partial charge in [-0.2, -0.15) is 0 Å². The lowest BCUT2D eigenvalue weighted by Gasteiger charge is -2.20. The molecule has 0 radical (unpaired) electrons. The number of carbonyl (C=O) groups excluding carboxylic acids is 1. The Bertz CT molecular complexity index is 250. The quantitative estimate of drug-likeness (QED) is 0.638. The average molecular weight is 242 g/mol. The van der Waals surface area contributed by atoms with E-state index in [0.29, 0.717) is 11.3 Å². The van der Waals surface area contributed by atoms with Gasteiger partial charge in [0.05, 0.1) is 12.6 Å². The van der Waals surface area contributed by atoms with Crippen molar-refractivity contribution < 1.29 is 9.90 Å². The van der Waals surface area contributed by atoms with Gasteiger partial charge in [-0.1, -0.05) is 20.8 Å². The van der Waals surface area contributed by atoms with Crippen molar-refractivity contribution in [3.63, 3.8) is 0 Å². The first-order valence-electron chi connectivity index (χ1n) is 6.66. The van der Waals surface area contributed by atoms with Crippen LogP contribution in [0.3, 0.4) is 0 Å². The first-order chi connectivity index (χ1) is 8.01. The third-order valence-corrected chi connectivity index (χ3v) is 3.64. The smallest absolute Gasteiger partial charge is 0.315 e. The molecule has 1 atom stereocenters. The average Bonchev–Trinajstić information content (AvgIpc) is 3.05. The van der Waals surface area contributed by atoms with E-state index in [2.05, 4.69) is 31.4 Å². The lowest BCUT2D eigenvalue weighted by Crippen LogP contribution is -2.45. The maximum atomic E-state index is 11.7. The summed E-state index contributed by atoms with van der Waals surface area (Å²) < 4.78 is 0. The van der Waals surface area contributed by atoms with E-state index in [0.717, 1.165) is 19.4 Å². The number of hydrogen-bond donors (Lipinski definition) is 3. The molecule has 100 valence electrons. The molecule has 0 saturated heterocycles. The SMILES string of the molecule is CCC1(CNC(=O)NC(CO)CC(C)C)CC1. The van der Waals surface area contributed by atoms with Crippen LogP contribution in [0.15, 0.2) is 0 Å². The summed E-state index contributed by atoms with van der Waals surface area (Å²) in [7, 11) is 0. The van der Waals surface area contributed by atoms with Crippen LogP contribution < -0.4 is 10.6 Å². The van der Waals surface area contributed by atoms with Gasteiger partial charge in [0, 0.05) is 6.54 Å². The number of carbonyl (C=O) groups is 1. The normalized spacial score (nSPS) is 18.9. The highest BCUT2D eigenvalue weighted by atomic mass is 16.3. The Kier molecular flexibility index (Phi) is 5.25. The van der Waals surface area contributed by atoms with Crippen LogP contribution in [0.5, 0.6) is 0 Å². The van der Waals surface area contributed by atoms with E-state index in [9.17, 15) is 4.79 Å². The predicted molar refractivity (Wildman–Crippen MR) is 68.8 cm³/mol. The van der Waals surface area contributed by atoms with Gasteiger partial charge >= 0.3 is 6.03 Å². The summed E-state index contributed by atoms with van der Waals surface area (Å²) in [6, 6.07) is -0.281. The summed E-state index contributed by atoms with van der Waals surface area (Å²) in [6.45, 7) is 7.10. The van der Waals surface area contributed by atoms with Crippen molar-refractivity contribution in [3.8, 4) is 0 Å². The Balaban J connectivity index is 2.23. The molecule has 1 aliphatic carbocycles. The number of aliphatic hydroxyl groups excluding tert-OH is 1. The largest absolute Gasteiger partial charge is 0.394 e. The fourth-order valence-corrected chi connectivity index (χ4v) is 2.08. The molecule has 0 spiro atoms. The highest BCUT2D eigenvalue weighted by Crippen LogP contribution is 2.47. The zero-order valence-electron chi connectivity index (χ0n) is 11.3. The lowest BCUT2D eigenvalue weighted by atomic mass is 10.0. The van der Waals surface area contributed by atoms with Crippen LogP contribution >= 0.6 is 0 Å². The van der Waals surface area contributed by atoms with Gasteiger partial charge in [-0.3, -0.25) is 0 Å². The predicted octanol–water partition coefficient (Wildman–Crippen LogP) is 1.88. The van der Waals surface area contributed by atoms with Gasteiger partial charge in [0.1, 0.15) is 0 Å². The van der Waals surface area contributed by atoms with E-state index in [1.165, 1.54) is 12.8 Å². The second-order valence-electron chi connectivity index (χ2n) is 5.69. The van der Waals surface area contributed by atoms with Crippen molar-refractivity contribution in [3.05, 3.63) is 0 Å². The molecular formula is C13H26N2O2. The Morgan fingerprint density at radius 1 is 1.41 bits per heavy atom. The standard InChI is InChI=1S/C13H26N2O2/c1-4-13(5-6-13)9-14-12(17)15-11(8-16)7-10(2)3/h10-11,16H,4-9H2,1-3H3,(H2,14,15,17). The highest BCUT2D eigenvalue weighted by molar-refractivity contribution is 5.74. The van der Waals surface area contributed by atoms with Gasteiger partial charge in [0.15, 0.2) is 0 Å². The Hall–Kier alpha value is -0.770. The fourth-order valence-electron chi connectivity index (χ4n) is 2.08. The van der Waals surface area contributed by atoms with Crippen LogP contribution in [0, 0.1) is 11.3 Å². The van der Waals surface area contributed by atoms with Crippen LogP contribution in [0.2, 0.25) is 0 Å². The van der Waals surface area contributed by atoms with Crippen molar-refractivity contribution in [2.75, 3.05) is 13.2 Å². The minimum absolute atomic E-state index is 0.00448. The van der Waals surface area contributed by atoms with E-state index >= 15 is 0 Å². The second kappa shape index (κ2) is 6.24. The van der Waals surface area contributed by atoms with Crippen molar-refractivity contribution >= 4 is 6.03 Å². The van der Waals surface area contributed by atoms with Crippen LogP contribution in [0.4, 0.5) is 4.79 Å². The zero-order valence-corrected chi connectivity index (χ0v) is 11.3. The second-order valence-corrected chi connectivity index (χ2v) is 5.69. The van der Waals surface area contributed by atoms with E-state index < -0.39 is 0 Å². The van der Waals surface area contributed by atoms with E-state index in [1.807, 2.05) is 0 Å². The summed E-state index contributed by atoms with van der Waals surface area (Å²) in [6.07, 6.45) is 4.38. The maximum absolute atomic E-state index is 11.7. The number of rotatable bonds is 7. The Morgan fingerprint density at radius 3 is 2.47 bits per heavy atom. The molecule has 2 amide bonds. The number of amides is 2. The van der Waals surface area contributed by atoms with E-state index in [4.69, 9.17) is 5.11 Å². The van der Waals surface area contributed by atoms with Gasteiger partial charge in [0.2, 0.25) is 0 Å². The summed E-state index contributed by atoms with van der Waals surface area (Å²) in [4.78, 5) is 11.7. The van der Waals surface area contributed by atoms with Crippen molar-refractivity contribution in [1.29, 1.82) is 0 Å². The molecule has 0 aromatic heterocycles. The number of nitrogens with one attached hydrogen (secondary N) is 2. The van der Waals surface area contributed by atoms with Crippen molar-refractivity contribution in [2.45, 2.75) is 52.5 Å². The highest BCUT2D eigenvalue weighted by Gasteiger charge is 2.40. The molecule has 1 fully saturated rings. The molecule has 0 bridgehead atoms. The topological polar surface area (TPSA) is 61.4 Å². The van der Waals surface area contributed by atoms with Gasteiger partial charge in [0.25, 0.3) is 0 Å². The molecule has 17 heavy (non-hydrogen) atoms. The third kappa shape index (κ3) is 4.94. The summed E-state index contributed by atoms with van der Waals surface area (Å²) in [5.41, 5.74) is 0.365. The molecule has 1 aliphatic rings. The van der Waals surface area contributed by atoms with Gasteiger partial charge in [-0.15, -0.1) is 0 Å². The van der Waals surface area contributed by atoms with Gasteiger partial charge < -0.3 is 15.7 Å². The third-order valence-electron chi connectivity index (χ3n) is 3.64. The summed E-state index contributed by atoms with van der Waals surface area (Å²) >= 11 is 0. The molecular weight excluding hydrogens is 216 g/mol. The Morgan fingerprint density at radius 2 is 2.06 bits per heavy atom. The monoisotopic (exact) mass is 242 g/mol. The summed E-state index contributed by atoms with van der Waals surface area (Å²) in [5, 5.41) is 14.9. The summed E-state index contributed by atoms with van der Waals surface area (Å²) in [5.74, 6) is 0.470. The molecule has 1 unspecified atom stereocenters. The maximum Gasteiger partial charge on any atom is 0.315 e. The fraction of sp³-hybridized carbons (Fsp3) is 0.923. The minimum atomic E-state index is -0.149. The van der Waals surface area contributed by atoms with Gasteiger partial charge in [-0.05, 0) is 37.0 Å². The molecule has 3 N–H and O–H groups in total. The molecule has 0 aromatic carbocycles. The van der Waals surface area contributed by atoms with Crippen molar-refractivity contribution in [2.24, 2.45) is 11.3 Å². The van der Waals surface area contributed by atoms with Crippen molar-refractivity contribution in [1.82, 2.24) is 10.6 Å². The minimum Gasteiger partial charge on any atom is -0.394 e. The van der Waals surface area contributed by atoms with E-state index in [1.54, 1.807) is 0 Å². The molecule has 1 saturated carbocycles. The van der Waals surface area contributed by atoms with Crippen LogP contribution in [-0.4, -0.2) is 30.3 Å². The molecule has 4 nitrogen and oxygen atoms in total. The van der Waals surface area contributed by atoms with Crippen LogP contribution in [0.25, 0.3) is 0 Å². The number of urea groups is 1. The first-order valence-corrected chi connectivity index (χ1v) is 6.66. The molecule has 0 aliphatic heterocycles. The lowest BCUT2D eigenvalue weighted by molar-refractivity contribution is 0.205. The van der Waals surface area contributed by atoms with Crippen LogP contribution in [0.1, 0.15) is 46.5 Å². The first kappa shape index (κ1) is 14.3. The zero-order chi connectivity index (χ0) is 12.9.